The predicted molar refractivity (Wildman–Crippen MR) is 114 cm³/mol. The first-order valence-electron chi connectivity index (χ1n) is 10.0. The minimum atomic E-state index is -3.35. The molecule has 4 aliphatic rings. The fraction of sp³-hybridized carbons (Fsp3) is 0.450. The summed E-state index contributed by atoms with van der Waals surface area (Å²) in [6.07, 6.45) is 3.63. The van der Waals surface area contributed by atoms with Gasteiger partial charge < -0.3 is 20.6 Å². The van der Waals surface area contributed by atoms with Crippen LogP contribution in [0.4, 0.5) is 0 Å². The smallest absolute Gasteiger partial charge is 0.223 e. The molecule has 0 radical (unpaired) electrons. The third kappa shape index (κ3) is 3.34. The predicted octanol–water partition coefficient (Wildman–Crippen LogP) is -0.225. The number of likely N-dealkylation sites (tertiary alicyclic amines) is 1. The van der Waals surface area contributed by atoms with E-state index >= 15 is 0 Å². The molecule has 0 bridgehead atoms. The van der Waals surface area contributed by atoms with Crippen molar-refractivity contribution in [2.24, 2.45) is 20.7 Å². The number of nitrogens with two attached hydrogens (primary N) is 1. The number of aliphatic hydroxyl groups excluding tert-OH is 1. The molecule has 1 fully saturated rings. The van der Waals surface area contributed by atoms with E-state index in [4.69, 9.17) is 15.7 Å². The average Bonchev–Trinajstić information content (AvgIpc) is 3.01. The Hall–Kier alpha value is -2.56. The monoisotopic (exact) mass is 428 g/mol. The van der Waals surface area contributed by atoms with Crippen LogP contribution in [-0.4, -0.2) is 84.9 Å². The van der Waals surface area contributed by atoms with Gasteiger partial charge in [0, 0.05) is 56.6 Å². The maximum Gasteiger partial charge on any atom is 0.223 e. The lowest BCUT2D eigenvalue weighted by Gasteiger charge is -2.32. The number of fused-ring (bicyclic) bond motifs is 2. The third-order valence-electron chi connectivity index (χ3n) is 5.96. The van der Waals surface area contributed by atoms with Gasteiger partial charge >= 0.3 is 0 Å². The molecule has 1 saturated heterocycles. The Morgan fingerprint density at radius 3 is 2.80 bits per heavy atom. The summed E-state index contributed by atoms with van der Waals surface area (Å²) in [7, 11) is -3.35. The number of guanidine groups is 1. The lowest BCUT2D eigenvalue weighted by Crippen LogP contribution is -2.43. The fourth-order valence-corrected chi connectivity index (χ4v) is 5.79. The van der Waals surface area contributed by atoms with E-state index in [0.717, 1.165) is 11.1 Å². The average molecular weight is 429 g/mol. The van der Waals surface area contributed by atoms with E-state index < -0.39 is 15.9 Å². The Labute approximate surface area is 175 Å². The molecule has 0 aliphatic carbocycles. The number of benzene rings is 1. The molecule has 3 unspecified atom stereocenters. The number of hydrogen-bond donors (Lipinski definition) is 2. The summed E-state index contributed by atoms with van der Waals surface area (Å²) in [5, 5.41) is 10.1. The van der Waals surface area contributed by atoms with Crippen molar-refractivity contribution >= 4 is 27.8 Å². The Bertz CT molecular complexity index is 1080. The standard InChI is InChI=1S/C20H24N6O3S/c21-15-11-26(12-17(15)27)19-14-9-22-6-5-16(14)23-20(24-19)25-7-8-30(28,29)18-4-2-1-3-13(18)10-25/h1-4,6,9,15-17,27H,5,7-8,10-12,21H2. The number of nitrogens with zero attached hydrogens (tertiary/aromatic N) is 5. The van der Waals surface area contributed by atoms with Crippen molar-refractivity contribution in [3.05, 3.63) is 41.6 Å². The minimum absolute atomic E-state index is 0.00993. The van der Waals surface area contributed by atoms with Crippen LogP contribution in [0.3, 0.4) is 0 Å². The van der Waals surface area contributed by atoms with E-state index in [1.807, 2.05) is 28.1 Å². The number of β-amino-alcohol motifs (C(OH)–C–C–N with tert-alkyl or cyclic N) is 1. The maximum atomic E-state index is 12.7. The number of sulfone groups is 1. The van der Waals surface area contributed by atoms with Crippen LogP contribution >= 0.6 is 0 Å². The first kappa shape index (κ1) is 19.4. The van der Waals surface area contributed by atoms with Crippen LogP contribution in [0.2, 0.25) is 0 Å². The van der Waals surface area contributed by atoms with Gasteiger partial charge in [-0.15, -0.1) is 0 Å². The summed E-state index contributed by atoms with van der Waals surface area (Å²) in [5.74, 6) is 1.24. The van der Waals surface area contributed by atoms with Gasteiger partial charge in [0.2, 0.25) is 5.96 Å². The molecule has 4 aliphatic heterocycles. The Balaban J connectivity index is 1.52. The highest BCUT2D eigenvalue weighted by molar-refractivity contribution is 7.91. The van der Waals surface area contributed by atoms with Gasteiger partial charge in [0.15, 0.2) is 9.84 Å². The fourth-order valence-electron chi connectivity index (χ4n) is 4.29. The minimum Gasteiger partial charge on any atom is -0.390 e. The van der Waals surface area contributed by atoms with Crippen LogP contribution in [-0.2, 0) is 16.4 Å². The molecule has 0 amide bonds. The number of rotatable bonds is 0. The first-order chi connectivity index (χ1) is 14.4. The Kier molecular flexibility index (Phi) is 4.72. The summed E-state index contributed by atoms with van der Waals surface area (Å²) in [5.41, 5.74) is 7.68. The molecule has 3 N–H and O–H groups in total. The number of aliphatic hydroxyl groups is 1. The van der Waals surface area contributed by atoms with Gasteiger partial charge in [0.25, 0.3) is 0 Å². The van der Waals surface area contributed by atoms with Crippen molar-refractivity contribution in [3.63, 3.8) is 0 Å². The Morgan fingerprint density at radius 2 is 2.00 bits per heavy atom. The number of aliphatic imine (C=N–C) groups is 3. The summed E-state index contributed by atoms with van der Waals surface area (Å²) in [6.45, 7) is 1.64. The molecule has 158 valence electrons. The first-order valence-corrected chi connectivity index (χ1v) is 11.7. The summed E-state index contributed by atoms with van der Waals surface area (Å²) in [6, 6.07) is 6.64. The third-order valence-corrected chi connectivity index (χ3v) is 7.74. The molecule has 0 aromatic heterocycles. The van der Waals surface area contributed by atoms with Crippen molar-refractivity contribution in [2.45, 2.75) is 36.0 Å². The van der Waals surface area contributed by atoms with Crippen LogP contribution in [0.25, 0.3) is 0 Å². The van der Waals surface area contributed by atoms with Crippen LogP contribution < -0.4 is 5.73 Å². The molecule has 1 aromatic carbocycles. The normalized spacial score (nSPS) is 30.1. The topological polar surface area (TPSA) is 124 Å². The van der Waals surface area contributed by atoms with E-state index in [0.29, 0.717) is 49.3 Å². The number of hydrogen-bond acceptors (Lipinski definition) is 9. The zero-order chi connectivity index (χ0) is 20.9. The summed E-state index contributed by atoms with van der Waals surface area (Å²) < 4.78 is 25.4. The zero-order valence-electron chi connectivity index (χ0n) is 16.4. The summed E-state index contributed by atoms with van der Waals surface area (Å²) >= 11 is 0. The highest BCUT2D eigenvalue weighted by Crippen LogP contribution is 2.28. The van der Waals surface area contributed by atoms with Gasteiger partial charge in [-0.05, 0) is 11.6 Å². The molecule has 0 spiro atoms. The van der Waals surface area contributed by atoms with E-state index in [9.17, 15) is 13.5 Å². The quantitative estimate of drug-likeness (QED) is 0.589. The van der Waals surface area contributed by atoms with Crippen molar-refractivity contribution in [1.82, 2.24) is 9.80 Å². The van der Waals surface area contributed by atoms with Crippen LogP contribution in [0.1, 0.15) is 12.0 Å². The highest BCUT2D eigenvalue weighted by Gasteiger charge is 2.37. The SMILES string of the molecule is NC1CN(C2=NC(N3CCS(=O)(=O)c4ccccc4C3)=NC3CC=NC=C23)CC1O. The van der Waals surface area contributed by atoms with Gasteiger partial charge in [-0.25, -0.2) is 13.4 Å². The molecule has 0 saturated carbocycles. The van der Waals surface area contributed by atoms with Crippen molar-refractivity contribution in [3.8, 4) is 0 Å². The second kappa shape index (κ2) is 7.29. The van der Waals surface area contributed by atoms with Crippen molar-refractivity contribution in [2.75, 3.05) is 25.4 Å². The van der Waals surface area contributed by atoms with E-state index in [1.165, 1.54) is 0 Å². The van der Waals surface area contributed by atoms with Gasteiger partial charge in [-0.3, -0.25) is 4.99 Å². The summed E-state index contributed by atoms with van der Waals surface area (Å²) in [4.78, 5) is 18.2. The van der Waals surface area contributed by atoms with Gasteiger partial charge in [-0.2, -0.15) is 4.99 Å². The molecule has 4 heterocycles. The largest absolute Gasteiger partial charge is 0.390 e. The van der Waals surface area contributed by atoms with E-state index in [1.54, 1.807) is 18.3 Å². The van der Waals surface area contributed by atoms with Gasteiger partial charge in [-0.1, -0.05) is 18.2 Å². The molecule has 3 atom stereocenters. The van der Waals surface area contributed by atoms with E-state index in [2.05, 4.69) is 4.99 Å². The second-order valence-electron chi connectivity index (χ2n) is 8.02. The van der Waals surface area contributed by atoms with Crippen molar-refractivity contribution < 1.29 is 13.5 Å². The molecule has 30 heavy (non-hydrogen) atoms. The Morgan fingerprint density at radius 1 is 1.17 bits per heavy atom. The lowest BCUT2D eigenvalue weighted by atomic mass is 10.0. The van der Waals surface area contributed by atoms with Crippen LogP contribution in [0.15, 0.2) is 55.9 Å². The molecule has 9 nitrogen and oxygen atoms in total. The van der Waals surface area contributed by atoms with Crippen LogP contribution in [0, 0.1) is 0 Å². The van der Waals surface area contributed by atoms with E-state index in [-0.39, 0.29) is 17.8 Å². The molecular formula is C20H24N6O3S. The highest BCUT2D eigenvalue weighted by atomic mass is 32.2. The molecule has 1 aromatic rings. The van der Waals surface area contributed by atoms with Gasteiger partial charge in [0.05, 0.1) is 22.8 Å². The number of amidine groups is 1. The zero-order valence-corrected chi connectivity index (χ0v) is 17.2. The lowest BCUT2D eigenvalue weighted by molar-refractivity contribution is 0.173. The molecule has 10 heteroatoms. The van der Waals surface area contributed by atoms with Crippen molar-refractivity contribution in [1.29, 1.82) is 0 Å². The van der Waals surface area contributed by atoms with Crippen LogP contribution in [0.5, 0.6) is 0 Å². The molecular weight excluding hydrogens is 404 g/mol. The van der Waals surface area contributed by atoms with Gasteiger partial charge in [0.1, 0.15) is 5.84 Å². The molecule has 5 rings (SSSR count). The second-order valence-corrected chi connectivity index (χ2v) is 10.1. The maximum absolute atomic E-state index is 12.7.